The van der Waals surface area contributed by atoms with Crippen LogP contribution >= 0.6 is 0 Å². The van der Waals surface area contributed by atoms with Gasteiger partial charge in [-0.1, -0.05) is 24.1 Å². The molecular formula is C14H18O4S. The minimum Gasteiger partial charge on any atom is -0.469 e. The summed E-state index contributed by atoms with van der Waals surface area (Å²) in [6.07, 6.45) is 1.86. The molecule has 0 heterocycles. The Morgan fingerprint density at radius 1 is 1.21 bits per heavy atom. The second-order valence-electron chi connectivity index (χ2n) is 4.96. The molecule has 5 heteroatoms. The summed E-state index contributed by atoms with van der Waals surface area (Å²) in [6.45, 7) is 1.91. The fourth-order valence-corrected chi connectivity index (χ4v) is 4.64. The fourth-order valence-electron chi connectivity index (χ4n) is 2.62. The summed E-state index contributed by atoms with van der Waals surface area (Å²) < 4.78 is 29.8. The average molecular weight is 282 g/mol. The van der Waals surface area contributed by atoms with Crippen LogP contribution < -0.4 is 0 Å². The van der Waals surface area contributed by atoms with Crippen LogP contribution in [0.25, 0.3) is 0 Å². The SMILES string of the molecule is COC(=O)C1CCCC1S(=O)(=O)c1ccc(C)cc1. The molecule has 1 saturated carbocycles. The summed E-state index contributed by atoms with van der Waals surface area (Å²) in [5.74, 6) is -0.950. The first kappa shape index (κ1) is 14.1. The topological polar surface area (TPSA) is 60.4 Å². The maximum atomic E-state index is 12.6. The van der Waals surface area contributed by atoms with Crippen molar-refractivity contribution in [3.63, 3.8) is 0 Å². The lowest BCUT2D eigenvalue weighted by Crippen LogP contribution is -2.31. The summed E-state index contributed by atoms with van der Waals surface area (Å²) in [4.78, 5) is 12.0. The van der Waals surface area contributed by atoms with Gasteiger partial charge in [-0.05, 0) is 31.9 Å². The van der Waals surface area contributed by atoms with Crippen molar-refractivity contribution in [3.05, 3.63) is 29.8 Å². The van der Waals surface area contributed by atoms with Crippen LogP contribution in [0, 0.1) is 12.8 Å². The number of hydrogen-bond acceptors (Lipinski definition) is 4. The van der Waals surface area contributed by atoms with Crippen molar-refractivity contribution < 1.29 is 17.9 Å². The molecule has 104 valence electrons. The molecule has 1 aromatic carbocycles. The van der Waals surface area contributed by atoms with Gasteiger partial charge >= 0.3 is 5.97 Å². The van der Waals surface area contributed by atoms with Crippen molar-refractivity contribution in [3.8, 4) is 0 Å². The van der Waals surface area contributed by atoms with Crippen molar-refractivity contribution in [2.75, 3.05) is 7.11 Å². The molecule has 0 aliphatic heterocycles. The smallest absolute Gasteiger partial charge is 0.309 e. The Kier molecular flexibility index (Phi) is 3.94. The standard InChI is InChI=1S/C14H18O4S/c1-10-6-8-11(9-7-10)19(16,17)13-5-3-4-12(13)14(15)18-2/h6-9,12-13H,3-5H2,1-2H3. The molecule has 1 aromatic rings. The zero-order valence-corrected chi connectivity index (χ0v) is 11.9. The van der Waals surface area contributed by atoms with Crippen LogP contribution in [0.1, 0.15) is 24.8 Å². The first-order valence-corrected chi connectivity index (χ1v) is 7.90. The summed E-state index contributed by atoms with van der Waals surface area (Å²) in [7, 11) is -2.16. The normalized spacial score (nSPS) is 23.3. The predicted octanol–water partition coefficient (Wildman–Crippen LogP) is 2.11. The molecule has 0 amide bonds. The molecule has 1 fully saturated rings. The fraction of sp³-hybridized carbons (Fsp3) is 0.500. The van der Waals surface area contributed by atoms with Crippen molar-refractivity contribution in [2.45, 2.75) is 36.3 Å². The maximum absolute atomic E-state index is 12.6. The minimum absolute atomic E-state index is 0.291. The van der Waals surface area contributed by atoms with Gasteiger partial charge in [0.05, 0.1) is 23.2 Å². The van der Waals surface area contributed by atoms with Gasteiger partial charge in [-0.3, -0.25) is 4.79 Å². The number of aryl methyl sites for hydroxylation is 1. The van der Waals surface area contributed by atoms with Gasteiger partial charge in [-0.2, -0.15) is 0 Å². The summed E-state index contributed by atoms with van der Waals surface area (Å²) in [5.41, 5.74) is 1.01. The molecule has 0 N–H and O–H groups in total. The molecule has 1 aliphatic rings. The van der Waals surface area contributed by atoms with Crippen LogP contribution in [0.15, 0.2) is 29.2 Å². The third kappa shape index (κ3) is 2.66. The van der Waals surface area contributed by atoms with E-state index in [1.807, 2.05) is 6.92 Å². The number of sulfone groups is 1. The summed E-state index contributed by atoms with van der Waals surface area (Å²) >= 11 is 0. The van der Waals surface area contributed by atoms with E-state index >= 15 is 0 Å². The highest BCUT2D eigenvalue weighted by molar-refractivity contribution is 7.92. The highest BCUT2D eigenvalue weighted by atomic mass is 32.2. The Morgan fingerprint density at radius 3 is 2.42 bits per heavy atom. The van der Waals surface area contributed by atoms with Gasteiger partial charge in [-0.15, -0.1) is 0 Å². The molecule has 0 spiro atoms. The summed E-state index contributed by atoms with van der Waals surface area (Å²) in [5, 5.41) is -0.650. The molecular weight excluding hydrogens is 264 g/mol. The number of hydrogen-bond donors (Lipinski definition) is 0. The van der Waals surface area contributed by atoms with Crippen molar-refractivity contribution in [1.82, 2.24) is 0 Å². The zero-order valence-electron chi connectivity index (χ0n) is 11.1. The second-order valence-corrected chi connectivity index (χ2v) is 7.12. The zero-order chi connectivity index (χ0) is 14.0. The molecule has 19 heavy (non-hydrogen) atoms. The Labute approximate surface area is 113 Å². The van der Waals surface area contributed by atoms with Crippen LogP contribution in [0.3, 0.4) is 0 Å². The van der Waals surface area contributed by atoms with Gasteiger partial charge in [0.25, 0.3) is 0 Å². The van der Waals surface area contributed by atoms with E-state index in [1.54, 1.807) is 24.3 Å². The van der Waals surface area contributed by atoms with Crippen LogP contribution in [0.2, 0.25) is 0 Å². The monoisotopic (exact) mass is 282 g/mol. The van der Waals surface area contributed by atoms with Crippen molar-refractivity contribution in [1.29, 1.82) is 0 Å². The molecule has 0 radical (unpaired) electrons. The van der Waals surface area contributed by atoms with E-state index in [0.717, 1.165) is 12.0 Å². The first-order valence-electron chi connectivity index (χ1n) is 6.35. The van der Waals surface area contributed by atoms with E-state index in [2.05, 4.69) is 0 Å². The molecule has 2 unspecified atom stereocenters. The van der Waals surface area contributed by atoms with E-state index in [9.17, 15) is 13.2 Å². The Hall–Kier alpha value is -1.36. The number of carbonyl (C=O) groups excluding carboxylic acids is 1. The van der Waals surface area contributed by atoms with E-state index in [4.69, 9.17) is 4.74 Å². The number of ether oxygens (including phenoxy) is 1. The molecule has 0 aromatic heterocycles. The first-order chi connectivity index (χ1) is 8.96. The van der Waals surface area contributed by atoms with Crippen molar-refractivity contribution in [2.24, 2.45) is 5.92 Å². The average Bonchev–Trinajstić information content (AvgIpc) is 2.88. The van der Waals surface area contributed by atoms with Gasteiger partial charge in [-0.25, -0.2) is 8.42 Å². The van der Waals surface area contributed by atoms with Gasteiger partial charge in [0, 0.05) is 0 Å². The van der Waals surface area contributed by atoms with Crippen LogP contribution in [-0.2, 0) is 19.4 Å². The van der Waals surface area contributed by atoms with Crippen LogP contribution in [0.4, 0.5) is 0 Å². The van der Waals surface area contributed by atoms with E-state index in [0.29, 0.717) is 17.7 Å². The largest absolute Gasteiger partial charge is 0.469 e. The van der Waals surface area contributed by atoms with Gasteiger partial charge in [0.1, 0.15) is 0 Å². The third-order valence-electron chi connectivity index (χ3n) is 3.70. The molecule has 2 atom stereocenters. The Balaban J connectivity index is 2.33. The third-order valence-corrected chi connectivity index (χ3v) is 6.00. The number of rotatable bonds is 3. The highest BCUT2D eigenvalue weighted by Crippen LogP contribution is 2.35. The predicted molar refractivity (Wildman–Crippen MR) is 71.5 cm³/mol. The van der Waals surface area contributed by atoms with E-state index < -0.39 is 27.0 Å². The number of methoxy groups -OCH3 is 1. The van der Waals surface area contributed by atoms with Gasteiger partial charge < -0.3 is 4.74 Å². The van der Waals surface area contributed by atoms with E-state index in [-0.39, 0.29) is 0 Å². The molecule has 4 nitrogen and oxygen atoms in total. The quantitative estimate of drug-likeness (QED) is 0.797. The van der Waals surface area contributed by atoms with Gasteiger partial charge in [0.15, 0.2) is 9.84 Å². The van der Waals surface area contributed by atoms with Crippen molar-refractivity contribution >= 4 is 15.8 Å². The maximum Gasteiger partial charge on any atom is 0.309 e. The number of carbonyl (C=O) groups is 1. The summed E-state index contributed by atoms with van der Waals surface area (Å²) in [6, 6.07) is 6.76. The molecule has 0 saturated heterocycles. The second kappa shape index (κ2) is 5.33. The molecule has 1 aliphatic carbocycles. The lowest BCUT2D eigenvalue weighted by Gasteiger charge is -2.18. The Bertz CT molecular complexity index is 560. The number of esters is 1. The van der Waals surface area contributed by atoms with E-state index in [1.165, 1.54) is 7.11 Å². The van der Waals surface area contributed by atoms with Crippen LogP contribution in [-0.4, -0.2) is 26.7 Å². The Morgan fingerprint density at radius 2 is 1.84 bits per heavy atom. The highest BCUT2D eigenvalue weighted by Gasteiger charge is 2.42. The number of benzene rings is 1. The molecule has 2 rings (SSSR count). The lowest BCUT2D eigenvalue weighted by atomic mass is 10.1. The molecule has 0 bridgehead atoms. The van der Waals surface area contributed by atoms with Gasteiger partial charge in [0.2, 0.25) is 0 Å². The lowest BCUT2D eigenvalue weighted by molar-refractivity contribution is -0.145. The minimum atomic E-state index is -3.46. The van der Waals surface area contributed by atoms with Crippen LogP contribution in [0.5, 0.6) is 0 Å².